The molecule has 1 aromatic carbocycles. The highest BCUT2D eigenvalue weighted by molar-refractivity contribution is 7.13. The van der Waals surface area contributed by atoms with Crippen molar-refractivity contribution in [1.82, 2.24) is 25.6 Å². The van der Waals surface area contributed by atoms with E-state index in [4.69, 9.17) is 0 Å². The Kier molecular flexibility index (Phi) is 7.69. The van der Waals surface area contributed by atoms with Crippen molar-refractivity contribution in [3.8, 4) is 10.7 Å². The number of rotatable bonds is 7. The fourth-order valence-electron chi connectivity index (χ4n) is 3.37. The first-order valence-electron chi connectivity index (χ1n) is 9.52. The molecule has 1 aliphatic heterocycles. The van der Waals surface area contributed by atoms with Crippen LogP contribution in [0.5, 0.6) is 0 Å². The SMILES string of the molecule is Cl.O=C(Cc1ccc(CC2CCNC2)cc1)NCc1csc(-c2cnccn2)n1. The molecule has 152 valence electrons. The minimum atomic E-state index is 0. The number of nitrogens with one attached hydrogen (secondary N) is 2. The zero-order valence-electron chi connectivity index (χ0n) is 16.0. The van der Waals surface area contributed by atoms with E-state index in [1.54, 1.807) is 18.6 Å². The molecule has 0 bridgehead atoms. The van der Waals surface area contributed by atoms with E-state index >= 15 is 0 Å². The van der Waals surface area contributed by atoms with Gasteiger partial charge in [-0.3, -0.25) is 14.8 Å². The average molecular weight is 430 g/mol. The van der Waals surface area contributed by atoms with Crippen LogP contribution in [-0.2, 0) is 24.2 Å². The molecule has 2 N–H and O–H groups in total. The third-order valence-corrected chi connectivity index (χ3v) is 5.79. The summed E-state index contributed by atoms with van der Waals surface area (Å²) in [5, 5.41) is 9.10. The minimum Gasteiger partial charge on any atom is -0.350 e. The molecule has 1 unspecified atom stereocenters. The van der Waals surface area contributed by atoms with E-state index in [1.807, 2.05) is 5.38 Å². The number of nitrogens with zero attached hydrogens (tertiary/aromatic N) is 3. The number of thiazole rings is 1. The van der Waals surface area contributed by atoms with Gasteiger partial charge in [-0.1, -0.05) is 24.3 Å². The molecule has 6 nitrogen and oxygen atoms in total. The topological polar surface area (TPSA) is 79.8 Å². The van der Waals surface area contributed by atoms with Gasteiger partial charge in [0.15, 0.2) is 0 Å². The molecule has 29 heavy (non-hydrogen) atoms. The van der Waals surface area contributed by atoms with Crippen LogP contribution >= 0.6 is 23.7 Å². The fourth-order valence-corrected chi connectivity index (χ4v) is 4.15. The zero-order chi connectivity index (χ0) is 19.2. The lowest BCUT2D eigenvalue weighted by atomic mass is 9.97. The van der Waals surface area contributed by atoms with Crippen molar-refractivity contribution in [2.45, 2.75) is 25.8 Å². The quantitative estimate of drug-likeness (QED) is 0.603. The molecule has 0 aliphatic carbocycles. The van der Waals surface area contributed by atoms with Crippen LogP contribution in [0, 0.1) is 5.92 Å². The van der Waals surface area contributed by atoms with Crippen LogP contribution in [-0.4, -0.2) is 33.9 Å². The van der Waals surface area contributed by atoms with E-state index in [9.17, 15) is 4.79 Å². The Hall–Kier alpha value is -2.35. The molecule has 1 amide bonds. The lowest BCUT2D eigenvalue weighted by Gasteiger charge is -2.09. The monoisotopic (exact) mass is 429 g/mol. The highest BCUT2D eigenvalue weighted by Gasteiger charge is 2.14. The van der Waals surface area contributed by atoms with Crippen LogP contribution in [0.25, 0.3) is 10.7 Å². The van der Waals surface area contributed by atoms with Gasteiger partial charge in [-0.15, -0.1) is 23.7 Å². The van der Waals surface area contributed by atoms with Crippen LogP contribution in [0.4, 0.5) is 0 Å². The Balaban J connectivity index is 0.00000240. The Morgan fingerprint density at radius 2 is 2.03 bits per heavy atom. The van der Waals surface area contributed by atoms with E-state index in [0.29, 0.717) is 13.0 Å². The molecular formula is C21H24ClN5OS. The van der Waals surface area contributed by atoms with Crippen molar-refractivity contribution in [3.63, 3.8) is 0 Å². The molecule has 0 saturated carbocycles. The van der Waals surface area contributed by atoms with Crippen molar-refractivity contribution < 1.29 is 4.79 Å². The van der Waals surface area contributed by atoms with Gasteiger partial charge in [-0.2, -0.15) is 0 Å². The number of hydrogen-bond donors (Lipinski definition) is 2. The third-order valence-electron chi connectivity index (χ3n) is 4.88. The second-order valence-corrected chi connectivity index (χ2v) is 7.93. The summed E-state index contributed by atoms with van der Waals surface area (Å²) >= 11 is 1.50. The van der Waals surface area contributed by atoms with Gasteiger partial charge in [-0.25, -0.2) is 4.98 Å². The summed E-state index contributed by atoms with van der Waals surface area (Å²) in [4.78, 5) is 25.1. The fraction of sp³-hybridized carbons (Fsp3) is 0.333. The van der Waals surface area contributed by atoms with E-state index in [2.05, 4.69) is 49.9 Å². The predicted molar refractivity (Wildman–Crippen MR) is 117 cm³/mol. The molecule has 0 radical (unpaired) electrons. The largest absolute Gasteiger partial charge is 0.350 e. The van der Waals surface area contributed by atoms with E-state index in [-0.39, 0.29) is 18.3 Å². The van der Waals surface area contributed by atoms with Crippen LogP contribution in [0.1, 0.15) is 23.2 Å². The van der Waals surface area contributed by atoms with Gasteiger partial charge in [0.2, 0.25) is 5.91 Å². The zero-order valence-corrected chi connectivity index (χ0v) is 17.6. The van der Waals surface area contributed by atoms with Gasteiger partial charge < -0.3 is 10.6 Å². The maximum atomic E-state index is 12.3. The number of amides is 1. The predicted octanol–water partition coefficient (Wildman–Crippen LogP) is 3.03. The number of carbonyl (C=O) groups is 1. The molecular weight excluding hydrogens is 406 g/mol. The first-order chi connectivity index (χ1) is 13.8. The van der Waals surface area contributed by atoms with Crippen molar-refractivity contribution in [1.29, 1.82) is 0 Å². The first-order valence-corrected chi connectivity index (χ1v) is 10.4. The smallest absolute Gasteiger partial charge is 0.224 e. The normalized spacial score (nSPS) is 15.7. The molecule has 0 spiro atoms. The van der Waals surface area contributed by atoms with Crippen molar-refractivity contribution >= 4 is 29.7 Å². The van der Waals surface area contributed by atoms with Crippen LogP contribution < -0.4 is 10.6 Å². The van der Waals surface area contributed by atoms with Crippen molar-refractivity contribution in [3.05, 3.63) is 65.1 Å². The Bertz CT molecular complexity index is 910. The summed E-state index contributed by atoms with van der Waals surface area (Å²) in [6.07, 6.45) is 7.71. The Labute approximate surface area is 180 Å². The van der Waals surface area contributed by atoms with Crippen molar-refractivity contribution in [2.75, 3.05) is 13.1 Å². The van der Waals surface area contributed by atoms with E-state index in [1.165, 1.54) is 23.3 Å². The molecule has 4 rings (SSSR count). The van der Waals surface area contributed by atoms with Gasteiger partial charge >= 0.3 is 0 Å². The number of aromatic nitrogens is 3. The number of hydrogen-bond acceptors (Lipinski definition) is 6. The first kappa shape index (κ1) is 21.4. The number of carbonyl (C=O) groups excluding carboxylic acids is 1. The summed E-state index contributed by atoms with van der Waals surface area (Å²) in [5.41, 5.74) is 3.96. The van der Waals surface area contributed by atoms with Gasteiger partial charge in [0, 0.05) is 17.8 Å². The van der Waals surface area contributed by atoms with Gasteiger partial charge in [0.05, 0.1) is 24.9 Å². The lowest BCUT2D eigenvalue weighted by Crippen LogP contribution is -2.24. The van der Waals surface area contributed by atoms with Gasteiger partial charge in [0.1, 0.15) is 10.7 Å². The maximum Gasteiger partial charge on any atom is 0.224 e. The minimum absolute atomic E-state index is 0. The molecule has 1 saturated heterocycles. The standard InChI is InChI=1S/C21H23N5OS.ClH/c27-20(10-16-3-1-15(2-4-16)9-17-5-6-22-11-17)25-12-18-14-28-21(26-18)19-13-23-7-8-24-19;/h1-4,7-8,13-14,17,22H,5-6,9-12H2,(H,25,27);1H. The highest BCUT2D eigenvalue weighted by Crippen LogP contribution is 2.20. The molecule has 3 aromatic rings. The van der Waals surface area contributed by atoms with Crippen LogP contribution in [0.2, 0.25) is 0 Å². The summed E-state index contributed by atoms with van der Waals surface area (Å²) in [6, 6.07) is 8.42. The maximum absolute atomic E-state index is 12.3. The molecule has 1 atom stereocenters. The second-order valence-electron chi connectivity index (χ2n) is 7.07. The molecule has 2 aromatic heterocycles. The Morgan fingerprint density at radius 3 is 2.76 bits per heavy atom. The number of halogens is 1. The van der Waals surface area contributed by atoms with Crippen LogP contribution in [0.15, 0.2) is 48.2 Å². The summed E-state index contributed by atoms with van der Waals surface area (Å²) in [7, 11) is 0. The molecule has 8 heteroatoms. The molecule has 1 aliphatic rings. The van der Waals surface area contributed by atoms with E-state index in [0.717, 1.165) is 47.4 Å². The average Bonchev–Trinajstić information content (AvgIpc) is 3.41. The summed E-state index contributed by atoms with van der Waals surface area (Å²) < 4.78 is 0. The summed E-state index contributed by atoms with van der Waals surface area (Å²) in [6.45, 7) is 2.66. The highest BCUT2D eigenvalue weighted by atomic mass is 35.5. The molecule has 1 fully saturated rings. The van der Waals surface area contributed by atoms with E-state index < -0.39 is 0 Å². The second kappa shape index (κ2) is 10.4. The van der Waals surface area contributed by atoms with Gasteiger partial charge in [0.25, 0.3) is 0 Å². The third kappa shape index (κ3) is 6.06. The Morgan fingerprint density at radius 1 is 1.21 bits per heavy atom. The lowest BCUT2D eigenvalue weighted by molar-refractivity contribution is -0.120. The van der Waals surface area contributed by atoms with Crippen LogP contribution in [0.3, 0.4) is 0 Å². The van der Waals surface area contributed by atoms with Crippen molar-refractivity contribution in [2.24, 2.45) is 5.92 Å². The molecule has 3 heterocycles. The van der Waals surface area contributed by atoms with Gasteiger partial charge in [-0.05, 0) is 43.0 Å². The summed E-state index contributed by atoms with van der Waals surface area (Å²) in [5.74, 6) is 0.737. The number of benzene rings is 1.